The number of pyridine rings is 1. The molecule has 21 heavy (non-hydrogen) atoms. The van der Waals surface area contributed by atoms with E-state index in [0.29, 0.717) is 0 Å². The van der Waals surface area contributed by atoms with Gasteiger partial charge in [0.2, 0.25) is 0 Å². The van der Waals surface area contributed by atoms with Gasteiger partial charge in [0, 0.05) is 22.9 Å². The van der Waals surface area contributed by atoms with E-state index in [1.165, 1.54) is 0 Å². The summed E-state index contributed by atoms with van der Waals surface area (Å²) in [5, 5.41) is 20.7. The molecule has 0 bridgehead atoms. The van der Waals surface area contributed by atoms with E-state index in [0.717, 1.165) is 21.8 Å². The molecule has 0 fully saturated rings. The number of aromatic hydroxyl groups is 2. The second kappa shape index (κ2) is 5.52. The highest BCUT2D eigenvalue weighted by Gasteiger charge is 2.01. The Morgan fingerprint density at radius 2 is 1.14 bits per heavy atom. The monoisotopic (exact) mass is 309 g/mol. The van der Waals surface area contributed by atoms with E-state index in [-0.39, 0.29) is 11.5 Å². The highest BCUT2D eigenvalue weighted by Crippen LogP contribution is 2.24. The summed E-state index contributed by atoms with van der Waals surface area (Å²) in [6, 6.07) is 12.1. The van der Waals surface area contributed by atoms with Gasteiger partial charge in [-0.25, -0.2) is 4.98 Å². The Balaban J connectivity index is 0.000000282. The van der Waals surface area contributed by atoms with Crippen molar-refractivity contribution in [2.75, 3.05) is 0 Å². The molecular formula is C13H11NO6S. The second-order valence-corrected chi connectivity index (χ2v) is 5.09. The van der Waals surface area contributed by atoms with Gasteiger partial charge >= 0.3 is 10.4 Å². The molecule has 0 aliphatic heterocycles. The predicted molar refractivity (Wildman–Crippen MR) is 76.8 cm³/mol. The molecule has 8 heteroatoms. The summed E-state index contributed by atoms with van der Waals surface area (Å²) in [6.45, 7) is 0. The molecule has 0 spiro atoms. The number of fused-ring (bicyclic) bond motifs is 2. The molecule has 2 aromatic carbocycles. The van der Waals surface area contributed by atoms with Crippen molar-refractivity contribution in [2.24, 2.45) is 0 Å². The Bertz CT molecular complexity index is 842. The standard InChI is InChI=1S/C13H9NO2.H2O4S/c15-10-3-1-8-5-9-2-4-11(16)7-13(9)14-12(8)6-10;1-5(2,3)4/h1-7,15-16H;(H2,1,2,3,4). The Labute approximate surface area is 119 Å². The average molecular weight is 309 g/mol. The molecule has 0 saturated heterocycles. The summed E-state index contributed by atoms with van der Waals surface area (Å²) in [5.74, 6) is 0.388. The number of hydrogen-bond donors (Lipinski definition) is 4. The van der Waals surface area contributed by atoms with Crippen LogP contribution in [0.15, 0.2) is 42.5 Å². The van der Waals surface area contributed by atoms with Crippen molar-refractivity contribution in [1.82, 2.24) is 4.98 Å². The third-order valence-electron chi connectivity index (χ3n) is 2.58. The summed E-state index contributed by atoms with van der Waals surface area (Å²) in [7, 11) is -4.67. The highest BCUT2D eigenvalue weighted by molar-refractivity contribution is 7.79. The Morgan fingerprint density at radius 1 is 0.762 bits per heavy atom. The minimum atomic E-state index is -4.67. The molecule has 1 aromatic heterocycles. The van der Waals surface area contributed by atoms with Crippen LogP contribution in [-0.4, -0.2) is 32.7 Å². The van der Waals surface area contributed by atoms with Crippen LogP contribution in [-0.2, 0) is 10.4 Å². The van der Waals surface area contributed by atoms with Crippen molar-refractivity contribution in [3.8, 4) is 11.5 Å². The van der Waals surface area contributed by atoms with Crippen LogP contribution < -0.4 is 0 Å². The maximum Gasteiger partial charge on any atom is 0.394 e. The third kappa shape index (κ3) is 4.28. The minimum absolute atomic E-state index is 0.194. The molecule has 0 aliphatic carbocycles. The molecule has 1 heterocycles. The van der Waals surface area contributed by atoms with Crippen LogP contribution in [0.5, 0.6) is 11.5 Å². The molecule has 0 atom stereocenters. The van der Waals surface area contributed by atoms with Gasteiger partial charge in [-0.15, -0.1) is 0 Å². The van der Waals surface area contributed by atoms with Gasteiger partial charge in [0.25, 0.3) is 0 Å². The molecule has 0 saturated carbocycles. The fourth-order valence-corrected chi connectivity index (χ4v) is 1.80. The Hall–Kier alpha value is -2.42. The zero-order chi connectivity index (χ0) is 15.6. The average Bonchev–Trinajstić information content (AvgIpc) is 2.34. The summed E-state index contributed by atoms with van der Waals surface area (Å²) < 4.78 is 31.6. The largest absolute Gasteiger partial charge is 0.508 e. The molecule has 3 aromatic rings. The highest BCUT2D eigenvalue weighted by atomic mass is 32.3. The number of nitrogens with zero attached hydrogens (tertiary/aromatic N) is 1. The van der Waals surface area contributed by atoms with Crippen molar-refractivity contribution in [1.29, 1.82) is 0 Å². The van der Waals surface area contributed by atoms with Crippen LogP contribution in [0, 0.1) is 0 Å². The van der Waals surface area contributed by atoms with Crippen LogP contribution in [0.25, 0.3) is 21.8 Å². The van der Waals surface area contributed by atoms with Crippen molar-refractivity contribution < 1.29 is 27.7 Å². The molecule has 7 nitrogen and oxygen atoms in total. The van der Waals surface area contributed by atoms with E-state index < -0.39 is 10.4 Å². The number of benzene rings is 2. The van der Waals surface area contributed by atoms with E-state index in [1.54, 1.807) is 24.3 Å². The minimum Gasteiger partial charge on any atom is -0.508 e. The zero-order valence-electron chi connectivity index (χ0n) is 10.5. The molecule has 4 N–H and O–H groups in total. The van der Waals surface area contributed by atoms with Gasteiger partial charge in [-0.3, -0.25) is 9.11 Å². The Morgan fingerprint density at radius 3 is 1.52 bits per heavy atom. The first-order valence-corrected chi connectivity index (χ1v) is 7.04. The smallest absolute Gasteiger partial charge is 0.394 e. The van der Waals surface area contributed by atoms with Crippen LogP contribution in [0.2, 0.25) is 0 Å². The van der Waals surface area contributed by atoms with Gasteiger partial charge in [-0.1, -0.05) is 0 Å². The van der Waals surface area contributed by atoms with E-state index in [4.69, 9.17) is 17.5 Å². The molecule has 0 aliphatic rings. The van der Waals surface area contributed by atoms with Gasteiger partial charge < -0.3 is 10.2 Å². The lowest BCUT2D eigenvalue weighted by Crippen LogP contribution is -1.89. The lowest BCUT2D eigenvalue weighted by molar-refractivity contribution is 0.381. The summed E-state index contributed by atoms with van der Waals surface area (Å²) in [6.07, 6.45) is 0. The summed E-state index contributed by atoms with van der Waals surface area (Å²) in [5.41, 5.74) is 1.44. The van der Waals surface area contributed by atoms with Gasteiger partial charge in [0.05, 0.1) is 11.0 Å². The number of hydrogen-bond acceptors (Lipinski definition) is 5. The first-order chi connectivity index (χ1) is 9.72. The van der Waals surface area contributed by atoms with Crippen LogP contribution in [0.3, 0.4) is 0 Å². The first kappa shape index (κ1) is 15.0. The van der Waals surface area contributed by atoms with Crippen molar-refractivity contribution in [2.45, 2.75) is 0 Å². The summed E-state index contributed by atoms with van der Waals surface area (Å²) >= 11 is 0. The van der Waals surface area contributed by atoms with Gasteiger partial charge in [0.1, 0.15) is 11.5 Å². The third-order valence-corrected chi connectivity index (χ3v) is 2.58. The molecular weight excluding hydrogens is 298 g/mol. The molecule has 0 unspecified atom stereocenters. The number of phenolic OH excluding ortho intramolecular Hbond substituents is 2. The number of phenols is 2. The van der Waals surface area contributed by atoms with Crippen LogP contribution in [0.4, 0.5) is 0 Å². The first-order valence-electron chi connectivity index (χ1n) is 5.65. The van der Waals surface area contributed by atoms with Crippen molar-refractivity contribution in [3.63, 3.8) is 0 Å². The van der Waals surface area contributed by atoms with Crippen LogP contribution in [0.1, 0.15) is 0 Å². The fraction of sp³-hybridized carbons (Fsp3) is 0. The van der Waals surface area contributed by atoms with E-state index in [1.807, 2.05) is 18.2 Å². The fourth-order valence-electron chi connectivity index (χ4n) is 1.80. The van der Waals surface area contributed by atoms with E-state index in [2.05, 4.69) is 4.98 Å². The zero-order valence-corrected chi connectivity index (χ0v) is 11.3. The molecule has 0 amide bonds. The van der Waals surface area contributed by atoms with Gasteiger partial charge in [0.15, 0.2) is 0 Å². The maximum absolute atomic E-state index is 9.37. The topological polar surface area (TPSA) is 128 Å². The SMILES string of the molecule is O=S(=O)(O)O.Oc1ccc2cc3ccc(O)cc3nc2c1. The number of aromatic nitrogens is 1. The van der Waals surface area contributed by atoms with Gasteiger partial charge in [-0.05, 0) is 30.3 Å². The molecule has 3 rings (SSSR count). The Kier molecular flexibility index (Phi) is 3.94. The lowest BCUT2D eigenvalue weighted by atomic mass is 10.1. The summed E-state index contributed by atoms with van der Waals surface area (Å²) in [4.78, 5) is 4.38. The molecule has 0 radical (unpaired) electrons. The van der Waals surface area contributed by atoms with E-state index >= 15 is 0 Å². The quantitative estimate of drug-likeness (QED) is 0.370. The number of rotatable bonds is 0. The normalized spacial score (nSPS) is 11.1. The maximum atomic E-state index is 9.37. The second-order valence-electron chi connectivity index (χ2n) is 4.19. The van der Waals surface area contributed by atoms with Crippen molar-refractivity contribution in [3.05, 3.63) is 42.5 Å². The lowest BCUT2D eigenvalue weighted by Gasteiger charge is -2.02. The van der Waals surface area contributed by atoms with Crippen LogP contribution >= 0.6 is 0 Å². The van der Waals surface area contributed by atoms with Crippen molar-refractivity contribution >= 4 is 32.2 Å². The molecule has 110 valence electrons. The van der Waals surface area contributed by atoms with E-state index in [9.17, 15) is 10.2 Å². The predicted octanol–water partition coefficient (Wildman–Crippen LogP) is 2.15. The van der Waals surface area contributed by atoms with Gasteiger partial charge in [-0.2, -0.15) is 8.42 Å².